The molecule has 0 spiro atoms. The van der Waals surface area contributed by atoms with Gasteiger partial charge in [0.05, 0.1) is 18.4 Å². The van der Waals surface area contributed by atoms with Crippen LogP contribution in [0.3, 0.4) is 0 Å². The molecule has 0 atom stereocenters. The van der Waals surface area contributed by atoms with Crippen molar-refractivity contribution in [3.63, 3.8) is 0 Å². The molecule has 0 aliphatic carbocycles. The largest absolute Gasteiger partial charge is 0.359 e. The lowest BCUT2D eigenvalue weighted by molar-refractivity contribution is -0.0298. The number of hydrogen-bond donors (Lipinski definition) is 1. The van der Waals surface area contributed by atoms with Crippen molar-refractivity contribution in [3.8, 4) is 0 Å². The molecule has 0 aliphatic heterocycles. The first-order chi connectivity index (χ1) is 11.6. The van der Waals surface area contributed by atoms with Crippen LogP contribution in [0.25, 0.3) is 0 Å². The van der Waals surface area contributed by atoms with E-state index in [4.69, 9.17) is 9.47 Å². The van der Waals surface area contributed by atoms with Crippen molar-refractivity contribution >= 4 is 10.0 Å². The summed E-state index contributed by atoms with van der Waals surface area (Å²) in [5.74, 6) is 0.00683. The predicted octanol–water partition coefficient (Wildman–Crippen LogP) is 2.71. The second-order valence-corrected chi connectivity index (χ2v) is 7.23. The minimum Gasteiger partial charge on any atom is -0.359 e. The first-order valence-electron chi connectivity index (χ1n) is 7.79. The summed E-state index contributed by atoms with van der Waals surface area (Å²) in [6.45, 7) is 0.514. The number of hydrogen-bond acceptors (Lipinski definition) is 4. The number of benzene rings is 2. The lowest BCUT2D eigenvalue weighted by atomic mass is 10.00. The van der Waals surface area contributed by atoms with Crippen molar-refractivity contribution in [2.45, 2.75) is 12.5 Å². The van der Waals surface area contributed by atoms with Gasteiger partial charge in [0.1, 0.15) is 6.79 Å². The molecule has 2 rings (SSSR count). The summed E-state index contributed by atoms with van der Waals surface area (Å²) < 4.78 is 37.6. The van der Waals surface area contributed by atoms with Crippen molar-refractivity contribution in [2.24, 2.45) is 0 Å². The predicted molar refractivity (Wildman–Crippen MR) is 94.1 cm³/mol. The minimum atomic E-state index is -3.44. The van der Waals surface area contributed by atoms with Crippen molar-refractivity contribution in [2.75, 3.05) is 26.3 Å². The van der Waals surface area contributed by atoms with Crippen molar-refractivity contribution in [1.29, 1.82) is 0 Å². The lowest BCUT2D eigenvalue weighted by Gasteiger charge is -2.20. The number of ether oxygens (including phenoxy) is 2. The Balaban J connectivity index is 2.08. The first kappa shape index (κ1) is 18.6. The molecule has 2 aromatic carbocycles. The molecule has 0 fully saturated rings. The Morgan fingerprint density at radius 1 is 0.958 bits per heavy atom. The van der Waals surface area contributed by atoms with E-state index >= 15 is 0 Å². The highest BCUT2D eigenvalue weighted by molar-refractivity contribution is 7.89. The lowest BCUT2D eigenvalue weighted by Crippen LogP contribution is -2.31. The van der Waals surface area contributed by atoms with E-state index in [-0.39, 0.29) is 12.5 Å². The topological polar surface area (TPSA) is 64.6 Å². The van der Waals surface area contributed by atoms with Gasteiger partial charge >= 0.3 is 0 Å². The fraction of sp³-hybridized carbons (Fsp3) is 0.333. The molecule has 1 N–H and O–H groups in total. The van der Waals surface area contributed by atoms with Gasteiger partial charge in [-0.1, -0.05) is 60.7 Å². The van der Waals surface area contributed by atoms with E-state index in [1.807, 2.05) is 60.7 Å². The van der Waals surface area contributed by atoms with Crippen LogP contribution in [0.5, 0.6) is 0 Å². The molecular weight excluding hydrogens is 326 g/mol. The normalized spacial score (nSPS) is 11.8. The first-order valence-corrected chi connectivity index (χ1v) is 9.44. The second kappa shape index (κ2) is 9.54. The fourth-order valence-electron chi connectivity index (χ4n) is 2.35. The molecule has 0 radical (unpaired) electrons. The van der Waals surface area contributed by atoms with Gasteiger partial charge < -0.3 is 9.47 Å². The van der Waals surface area contributed by atoms with Gasteiger partial charge in [0, 0.05) is 7.11 Å². The van der Waals surface area contributed by atoms with Crippen LogP contribution in [0.1, 0.15) is 23.6 Å². The minimum absolute atomic E-state index is 0.00683. The average Bonchev–Trinajstić information content (AvgIpc) is 2.61. The van der Waals surface area contributed by atoms with Crippen molar-refractivity contribution in [1.82, 2.24) is 4.72 Å². The number of rotatable bonds is 10. The smallest absolute Gasteiger partial charge is 0.212 e. The zero-order chi connectivity index (χ0) is 17.3. The third-order valence-electron chi connectivity index (χ3n) is 3.47. The molecular formula is C18H23NO4S. The Labute approximate surface area is 143 Å². The second-order valence-electron chi connectivity index (χ2n) is 5.36. The van der Waals surface area contributed by atoms with E-state index in [1.165, 1.54) is 7.11 Å². The molecule has 5 nitrogen and oxygen atoms in total. The van der Waals surface area contributed by atoms with Crippen LogP contribution in [0.2, 0.25) is 0 Å². The molecule has 24 heavy (non-hydrogen) atoms. The summed E-state index contributed by atoms with van der Waals surface area (Å²) >= 11 is 0. The van der Waals surface area contributed by atoms with Crippen molar-refractivity contribution in [3.05, 3.63) is 71.8 Å². The molecule has 130 valence electrons. The van der Waals surface area contributed by atoms with Crippen LogP contribution in [0.4, 0.5) is 0 Å². The quantitative estimate of drug-likeness (QED) is 0.529. The maximum absolute atomic E-state index is 12.4. The van der Waals surface area contributed by atoms with Gasteiger partial charge in [0.25, 0.3) is 0 Å². The Hall–Kier alpha value is -1.73. The molecule has 6 heteroatoms. The Bertz CT molecular complexity index is 650. The van der Waals surface area contributed by atoms with Crippen molar-refractivity contribution < 1.29 is 17.9 Å². The third kappa shape index (κ3) is 6.05. The van der Waals surface area contributed by atoms with E-state index in [2.05, 4.69) is 4.72 Å². The Kier molecular flexibility index (Phi) is 7.39. The van der Waals surface area contributed by atoms with Gasteiger partial charge in [-0.25, -0.2) is 13.1 Å². The van der Waals surface area contributed by atoms with Crippen LogP contribution in [-0.4, -0.2) is 34.7 Å². The van der Waals surface area contributed by atoms with E-state index < -0.39 is 16.1 Å². The number of sulfonamides is 1. The van der Waals surface area contributed by atoms with Gasteiger partial charge in [0.15, 0.2) is 0 Å². The van der Waals surface area contributed by atoms with E-state index in [0.717, 1.165) is 11.1 Å². The zero-order valence-electron chi connectivity index (χ0n) is 13.7. The summed E-state index contributed by atoms with van der Waals surface area (Å²) in [6.07, 6.45) is 0.412. The standard InChI is InChI=1S/C18H23NO4S/c1-22-15-23-13-8-14-24(20,21)19-18(16-9-4-2-5-10-16)17-11-6-3-7-12-17/h2-7,9-12,18-19H,8,13-15H2,1H3. The van der Waals surface area contributed by atoms with Gasteiger partial charge in [-0.3, -0.25) is 0 Å². The summed E-state index contributed by atoms with van der Waals surface area (Å²) in [5.41, 5.74) is 1.81. The molecule has 2 aromatic rings. The molecule has 0 aliphatic rings. The van der Waals surface area contributed by atoms with Gasteiger partial charge in [-0.15, -0.1) is 0 Å². The number of methoxy groups -OCH3 is 1. The molecule has 0 saturated heterocycles. The fourth-order valence-corrected chi connectivity index (χ4v) is 3.60. The molecule has 0 unspecified atom stereocenters. The summed E-state index contributed by atoms with van der Waals surface area (Å²) in [6, 6.07) is 18.7. The Morgan fingerprint density at radius 2 is 1.50 bits per heavy atom. The summed E-state index contributed by atoms with van der Waals surface area (Å²) in [4.78, 5) is 0. The maximum Gasteiger partial charge on any atom is 0.212 e. The van der Waals surface area contributed by atoms with Crippen LogP contribution in [0.15, 0.2) is 60.7 Å². The van der Waals surface area contributed by atoms with Crippen LogP contribution < -0.4 is 4.72 Å². The highest BCUT2D eigenvalue weighted by Crippen LogP contribution is 2.22. The number of nitrogens with one attached hydrogen (secondary N) is 1. The van der Waals surface area contributed by atoms with Crippen LogP contribution in [-0.2, 0) is 19.5 Å². The van der Waals surface area contributed by atoms with Gasteiger partial charge in [-0.05, 0) is 17.5 Å². The van der Waals surface area contributed by atoms with Gasteiger partial charge in [-0.2, -0.15) is 0 Å². The zero-order valence-corrected chi connectivity index (χ0v) is 14.5. The highest BCUT2D eigenvalue weighted by atomic mass is 32.2. The summed E-state index contributed by atoms with van der Waals surface area (Å²) in [5, 5.41) is 0. The monoisotopic (exact) mass is 349 g/mol. The van der Waals surface area contributed by atoms with Crippen LogP contribution in [0, 0.1) is 0 Å². The van der Waals surface area contributed by atoms with E-state index in [9.17, 15) is 8.42 Å². The third-order valence-corrected chi connectivity index (χ3v) is 4.89. The molecule has 0 aromatic heterocycles. The molecule has 0 saturated carbocycles. The maximum atomic E-state index is 12.4. The Morgan fingerprint density at radius 3 is 2.00 bits per heavy atom. The SMILES string of the molecule is COCOCCCS(=O)(=O)NC(c1ccccc1)c1ccccc1. The molecule has 0 amide bonds. The highest BCUT2D eigenvalue weighted by Gasteiger charge is 2.20. The molecule has 0 bridgehead atoms. The van der Waals surface area contributed by atoms with Gasteiger partial charge in [0.2, 0.25) is 10.0 Å². The average molecular weight is 349 g/mol. The molecule has 0 heterocycles. The van der Waals surface area contributed by atoms with Crippen LogP contribution >= 0.6 is 0 Å². The summed E-state index contributed by atoms with van der Waals surface area (Å²) in [7, 11) is -1.90. The van der Waals surface area contributed by atoms with E-state index in [0.29, 0.717) is 13.0 Å². The van der Waals surface area contributed by atoms with E-state index in [1.54, 1.807) is 0 Å².